The van der Waals surface area contributed by atoms with Crippen LogP contribution in [0.5, 0.6) is 0 Å². The third kappa shape index (κ3) is 6.54. The topological polar surface area (TPSA) is 0 Å². The minimum atomic E-state index is 1.18. The molecule has 48 valence electrons. The van der Waals surface area contributed by atoms with Crippen molar-refractivity contribution in [1.29, 1.82) is 0 Å². The van der Waals surface area contributed by atoms with Gasteiger partial charge in [-0.1, -0.05) is 41.9 Å². The lowest BCUT2D eigenvalue weighted by Crippen LogP contribution is -1.81. The van der Waals surface area contributed by atoms with Crippen molar-refractivity contribution in [2.75, 3.05) is 5.33 Å². The summed E-state index contributed by atoms with van der Waals surface area (Å²) in [6.07, 6.45) is 5.58. The zero-order valence-corrected chi connectivity index (χ0v) is 7.21. The predicted octanol–water partition coefficient (Wildman–Crippen LogP) is 2.45. The Kier molecular flexibility index (Phi) is 8.06. The molecule has 0 aromatic rings. The van der Waals surface area contributed by atoms with Crippen molar-refractivity contribution >= 4 is 23.2 Å². The average molecular weight is 177 g/mol. The van der Waals surface area contributed by atoms with Crippen molar-refractivity contribution in [3.05, 3.63) is 0 Å². The summed E-state index contributed by atoms with van der Waals surface area (Å²) in [4.78, 5) is 0. The molecule has 0 aromatic carbocycles. The highest BCUT2D eigenvalue weighted by atomic mass is 79.9. The minimum absolute atomic E-state index is 1.18. The molecule has 2 heteroatoms. The van der Waals surface area contributed by atoms with Crippen molar-refractivity contribution in [3.63, 3.8) is 0 Å². The van der Waals surface area contributed by atoms with E-state index in [0.717, 1.165) is 0 Å². The predicted molar refractivity (Wildman–Crippen MR) is 45.5 cm³/mol. The van der Waals surface area contributed by atoms with E-state index in [-0.39, 0.29) is 0 Å². The van der Waals surface area contributed by atoms with Gasteiger partial charge in [0.2, 0.25) is 0 Å². The molecular weight excluding hydrogens is 163 g/mol. The monoisotopic (exact) mass is 176 g/mol. The molecule has 0 aliphatic heterocycles. The van der Waals surface area contributed by atoms with Crippen LogP contribution < -0.4 is 0 Å². The van der Waals surface area contributed by atoms with Gasteiger partial charge in [-0.05, 0) is 6.42 Å². The summed E-state index contributed by atoms with van der Waals surface area (Å²) < 4.78 is 0. The van der Waals surface area contributed by atoms with Crippen LogP contribution in [0.3, 0.4) is 0 Å². The Morgan fingerprint density at radius 3 is 2.50 bits per heavy atom. The van der Waals surface area contributed by atoms with Crippen molar-refractivity contribution < 1.29 is 0 Å². The van der Waals surface area contributed by atoms with Crippen molar-refractivity contribution in [1.82, 2.24) is 0 Å². The maximum atomic E-state index is 3.40. The molecule has 0 aromatic heterocycles. The number of unbranched alkanes of at least 4 members (excludes halogenated alkanes) is 2. The molecule has 0 fully saturated rings. The molecule has 0 aliphatic carbocycles. The van der Waals surface area contributed by atoms with Gasteiger partial charge >= 0.3 is 0 Å². The molecule has 0 saturated carbocycles. The van der Waals surface area contributed by atoms with Crippen molar-refractivity contribution in [3.8, 4) is 0 Å². The fourth-order valence-electron chi connectivity index (χ4n) is 0.698. The molecule has 0 spiro atoms. The maximum Gasteiger partial charge on any atom is 0.117 e. The molecule has 0 amide bonds. The molecule has 0 unspecified atom stereocenters. The molecule has 0 nitrogen and oxygen atoms in total. The van der Waals surface area contributed by atoms with Gasteiger partial charge in [0.25, 0.3) is 0 Å². The van der Waals surface area contributed by atoms with Gasteiger partial charge in [-0.3, -0.25) is 0 Å². The molecular formula is C6H14BBr. The second-order valence-corrected chi connectivity index (χ2v) is 2.90. The van der Waals surface area contributed by atoms with E-state index in [2.05, 4.69) is 22.8 Å². The molecule has 0 aliphatic rings. The Bertz CT molecular complexity index is 33.5. The van der Waals surface area contributed by atoms with Crippen LogP contribution in [0, 0.1) is 0 Å². The van der Waals surface area contributed by atoms with E-state index in [4.69, 9.17) is 0 Å². The van der Waals surface area contributed by atoms with E-state index in [1.165, 1.54) is 38.2 Å². The first-order valence-corrected chi connectivity index (χ1v) is 4.60. The van der Waals surface area contributed by atoms with E-state index < -0.39 is 0 Å². The summed E-state index contributed by atoms with van der Waals surface area (Å²) in [6, 6.07) is 0. The molecule has 0 N–H and O–H groups in total. The Morgan fingerprint density at radius 2 is 2.00 bits per heavy atom. The van der Waals surface area contributed by atoms with Crippen molar-refractivity contribution in [2.45, 2.75) is 32.4 Å². The summed E-state index contributed by atoms with van der Waals surface area (Å²) in [5, 5.41) is 1.18. The second-order valence-electron chi connectivity index (χ2n) is 2.10. The first kappa shape index (κ1) is 8.54. The first-order chi connectivity index (χ1) is 3.91. The Hall–Kier alpha value is 0.545. The van der Waals surface area contributed by atoms with Crippen molar-refractivity contribution in [2.24, 2.45) is 0 Å². The second kappa shape index (κ2) is 7.54. The van der Waals surface area contributed by atoms with Crippen LogP contribution in [0.1, 0.15) is 19.3 Å². The van der Waals surface area contributed by atoms with Crippen LogP contribution in [0.15, 0.2) is 0 Å². The van der Waals surface area contributed by atoms with Gasteiger partial charge in [0.1, 0.15) is 7.28 Å². The third-order valence-corrected chi connectivity index (χ3v) is 1.80. The van der Waals surface area contributed by atoms with E-state index in [1.807, 2.05) is 0 Å². The summed E-state index contributed by atoms with van der Waals surface area (Å²) in [5.41, 5.74) is 0. The van der Waals surface area contributed by atoms with Gasteiger partial charge < -0.3 is 0 Å². The average Bonchev–Trinajstić information content (AvgIpc) is 1.81. The number of halogens is 1. The highest BCUT2D eigenvalue weighted by Crippen LogP contribution is 2.00. The van der Waals surface area contributed by atoms with Gasteiger partial charge in [0.15, 0.2) is 0 Å². The van der Waals surface area contributed by atoms with Crippen LogP contribution in [-0.2, 0) is 0 Å². The molecule has 0 bridgehead atoms. The standard InChI is InChI=1S/C6H14BBr/c1-7-5-3-2-4-6-8/h7H,2-6H2,1H3. The molecule has 8 heavy (non-hydrogen) atoms. The lowest BCUT2D eigenvalue weighted by Gasteiger charge is -1.92. The van der Waals surface area contributed by atoms with Crippen LogP contribution in [0.2, 0.25) is 13.1 Å². The highest BCUT2D eigenvalue weighted by molar-refractivity contribution is 9.09. The lowest BCUT2D eigenvalue weighted by atomic mass is 9.76. The minimum Gasteiger partial charge on any atom is -0.0928 e. The summed E-state index contributed by atoms with van der Waals surface area (Å²) >= 11 is 3.40. The Morgan fingerprint density at radius 1 is 1.25 bits per heavy atom. The van der Waals surface area contributed by atoms with E-state index in [1.54, 1.807) is 0 Å². The lowest BCUT2D eigenvalue weighted by molar-refractivity contribution is 0.778. The fourth-order valence-corrected chi connectivity index (χ4v) is 1.09. The largest absolute Gasteiger partial charge is 0.117 e. The quantitative estimate of drug-likeness (QED) is 0.343. The molecule has 0 atom stereocenters. The number of hydrogen-bond acceptors (Lipinski definition) is 0. The number of hydrogen-bond donors (Lipinski definition) is 0. The Labute approximate surface area is 61.4 Å². The van der Waals surface area contributed by atoms with Crippen LogP contribution in [0.4, 0.5) is 0 Å². The summed E-state index contributed by atoms with van der Waals surface area (Å²) in [5.74, 6) is 0. The van der Waals surface area contributed by atoms with E-state index in [0.29, 0.717) is 0 Å². The first-order valence-electron chi connectivity index (χ1n) is 3.47. The zero-order valence-electron chi connectivity index (χ0n) is 5.62. The van der Waals surface area contributed by atoms with Gasteiger partial charge in [0, 0.05) is 5.33 Å². The molecule has 0 radical (unpaired) electrons. The molecule has 0 heterocycles. The number of rotatable bonds is 5. The summed E-state index contributed by atoms with van der Waals surface area (Å²) in [7, 11) is 1.35. The maximum absolute atomic E-state index is 3.40. The highest BCUT2D eigenvalue weighted by Gasteiger charge is 1.85. The van der Waals surface area contributed by atoms with E-state index in [9.17, 15) is 0 Å². The van der Waals surface area contributed by atoms with Crippen LogP contribution >= 0.6 is 15.9 Å². The normalized spacial score (nSPS) is 9.25. The third-order valence-electron chi connectivity index (χ3n) is 1.24. The molecule has 0 saturated heterocycles. The Balaban J connectivity index is 2.53. The smallest absolute Gasteiger partial charge is 0.0928 e. The summed E-state index contributed by atoms with van der Waals surface area (Å²) in [6.45, 7) is 2.24. The van der Waals surface area contributed by atoms with Gasteiger partial charge in [0.05, 0.1) is 0 Å². The van der Waals surface area contributed by atoms with Crippen LogP contribution in [0.25, 0.3) is 0 Å². The van der Waals surface area contributed by atoms with E-state index >= 15 is 0 Å². The fraction of sp³-hybridized carbons (Fsp3) is 1.00. The van der Waals surface area contributed by atoms with Crippen LogP contribution in [-0.4, -0.2) is 12.6 Å². The molecule has 0 rings (SSSR count). The van der Waals surface area contributed by atoms with Gasteiger partial charge in [-0.2, -0.15) is 0 Å². The number of alkyl halides is 1. The zero-order chi connectivity index (χ0) is 6.24. The van der Waals surface area contributed by atoms with Gasteiger partial charge in [-0.15, -0.1) is 0 Å². The SMILES string of the molecule is CBCCCCCBr. The van der Waals surface area contributed by atoms with Gasteiger partial charge in [-0.25, -0.2) is 0 Å².